The van der Waals surface area contributed by atoms with Crippen LogP contribution in [0.3, 0.4) is 0 Å². The molecule has 1 aromatic rings. The van der Waals surface area contributed by atoms with Crippen LogP contribution >= 0.6 is 0 Å². The fraction of sp³-hybridized carbons (Fsp3) is 0.500. The van der Waals surface area contributed by atoms with E-state index in [4.69, 9.17) is 4.74 Å². The highest BCUT2D eigenvalue weighted by molar-refractivity contribution is 5.44. The molecule has 1 heterocycles. The second-order valence-electron chi connectivity index (χ2n) is 4.00. The van der Waals surface area contributed by atoms with Crippen LogP contribution in [0.4, 0.5) is 0 Å². The van der Waals surface area contributed by atoms with Crippen LogP contribution in [0.5, 0.6) is 5.75 Å². The SMILES string of the molecule is CNC(C)C1Cc2cccc(C)c2O1. The number of nitrogens with one attached hydrogen (secondary N) is 1. The number of hydrogen-bond acceptors (Lipinski definition) is 2. The summed E-state index contributed by atoms with van der Waals surface area (Å²) in [5, 5.41) is 3.24. The van der Waals surface area contributed by atoms with Crippen LogP contribution in [0.2, 0.25) is 0 Å². The average molecular weight is 191 g/mol. The number of rotatable bonds is 2. The van der Waals surface area contributed by atoms with Crippen LogP contribution in [-0.4, -0.2) is 19.2 Å². The lowest BCUT2D eigenvalue weighted by molar-refractivity contribution is 0.190. The standard InChI is InChI=1S/C12H17NO/c1-8-5-4-6-10-7-11(9(2)13-3)14-12(8)10/h4-6,9,11,13H,7H2,1-3H3. The molecule has 1 aliphatic heterocycles. The molecule has 0 spiro atoms. The number of fused-ring (bicyclic) bond motifs is 1. The first-order valence-electron chi connectivity index (χ1n) is 5.15. The Morgan fingerprint density at radius 1 is 1.50 bits per heavy atom. The van der Waals surface area contributed by atoms with Gasteiger partial charge in [-0.25, -0.2) is 0 Å². The number of para-hydroxylation sites is 1. The molecule has 1 aliphatic rings. The molecule has 2 atom stereocenters. The molecule has 0 aliphatic carbocycles. The summed E-state index contributed by atoms with van der Waals surface area (Å²) in [7, 11) is 1.98. The van der Waals surface area contributed by atoms with Crippen molar-refractivity contribution < 1.29 is 4.74 Å². The third-order valence-corrected chi connectivity index (χ3v) is 3.00. The van der Waals surface area contributed by atoms with Gasteiger partial charge in [-0.3, -0.25) is 0 Å². The van der Waals surface area contributed by atoms with E-state index in [1.54, 1.807) is 0 Å². The molecule has 1 N–H and O–H groups in total. The van der Waals surface area contributed by atoms with Gasteiger partial charge in [-0.05, 0) is 32.0 Å². The molecule has 76 valence electrons. The van der Waals surface area contributed by atoms with E-state index < -0.39 is 0 Å². The molecule has 0 aromatic heterocycles. The zero-order chi connectivity index (χ0) is 10.1. The first kappa shape index (κ1) is 9.53. The third-order valence-electron chi connectivity index (χ3n) is 3.00. The first-order valence-corrected chi connectivity index (χ1v) is 5.15. The Morgan fingerprint density at radius 3 is 2.93 bits per heavy atom. The number of ether oxygens (including phenoxy) is 1. The highest BCUT2D eigenvalue weighted by Crippen LogP contribution is 2.32. The van der Waals surface area contributed by atoms with Gasteiger partial charge >= 0.3 is 0 Å². The minimum atomic E-state index is 0.288. The second-order valence-corrected chi connectivity index (χ2v) is 4.00. The molecule has 1 aromatic carbocycles. The molecule has 0 radical (unpaired) electrons. The van der Waals surface area contributed by atoms with Gasteiger partial charge in [-0.2, -0.15) is 0 Å². The van der Waals surface area contributed by atoms with Gasteiger partial charge in [0.2, 0.25) is 0 Å². The molecule has 2 rings (SSSR count). The summed E-state index contributed by atoms with van der Waals surface area (Å²) in [5.74, 6) is 1.10. The maximum absolute atomic E-state index is 5.93. The van der Waals surface area contributed by atoms with Crippen molar-refractivity contribution in [2.45, 2.75) is 32.4 Å². The lowest BCUT2D eigenvalue weighted by Gasteiger charge is -2.18. The van der Waals surface area contributed by atoms with Gasteiger partial charge < -0.3 is 10.1 Å². The lowest BCUT2D eigenvalue weighted by atomic mass is 10.0. The maximum atomic E-state index is 5.93. The van der Waals surface area contributed by atoms with Crippen molar-refractivity contribution in [3.05, 3.63) is 29.3 Å². The zero-order valence-corrected chi connectivity index (χ0v) is 9.00. The van der Waals surface area contributed by atoms with Crippen molar-refractivity contribution in [2.24, 2.45) is 0 Å². The topological polar surface area (TPSA) is 21.3 Å². The van der Waals surface area contributed by atoms with Gasteiger partial charge in [0.05, 0.1) is 0 Å². The molecule has 0 saturated carbocycles. The fourth-order valence-electron chi connectivity index (χ4n) is 1.92. The number of hydrogen-bond donors (Lipinski definition) is 1. The van der Waals surface area contributed by atoms with Crippen molar-refractivity contribution in [1.82, 2.24) is 5.32 Å². The summed E-state index contributed by atoms with van der Waals surface area (Å²) in [4.78, 5) is 0. The minimum Gasteiger partial charge on any atom is -0.488 e. The van der Waals surface area contributed by atoms with Gasteiger partial charge in [0, 0.05) is 12.5 Å². The molecule has 0 saturated heterocycles. The highest BCUT2D eigenvalue weighted by Gasteiger charge is 2.27. The van der Waals surface area contributed by atoms with Crippen LogP contribution in [0.25, 0.3) is 0 Å². The number of aryl methyl sites for hydroxylation is 1. The normalized spacial score (nSPS) is 21.5. The zero-order valence-electron chi connectivity index (χ0n) is 9.00. The predicted octanol–water partition coefficient (Wildman–Crippen LogP) is 1.91. The molecule has 2 nitrogen and oxygen atoms in total. The Balaban J connectivity index is 2.22. The summed E-state index contributed by atoms with van der Waals surface area (Å²) in [6.45, 7) is 4.26. The van der Waals surface area contributed by atoms with Gasteiger partial charge in [-0.15, -0.1) is 0 Å². The summed E-state index contributed by atoms with van der Waals surface area (Å²) < 4.78 is 5.93. The first-order chi connectivity index (χ1) is 6.72. The van der Waals surface area contributed by atoms with Crippen molar-refractivity contribution in [2.75, 3.05) is 7.05 Å². The summed E-state index contributed by atoms with van der Waals surface area (Å²) in [5.41, 5.74) is 2.59. The Kier molecular flexibility index (Phi) is 2.46. The molecule has 0 amide bonds. The van der Waals surface area contributed by atoms with Gasteiger partial charge in [0.15, 0.2) is 0 Å². The molecule has 0 fully saturated rings. The molecule has 0 bridgehead atoms. The maximum Gasteiger partial charge on any atom is 0.126 e. The Morgan fingerprint density at radius 2 is 2.29 bits per heavy atom. The van der Waals surface area contributed by atoms with Crippen LogP contribution < -0.4 is 10.1 Å². The van der Waals surface area contributed by atoms with E-state index in [1.807, 2.05) is 7.05 Å². The van der Waals surface area contributed by atoms with Crippen LogP contribution in [0.15, 0.2) is 18.2 Å². The average Bonchev–Trinajstić information content (AvgIpc) is 2.62. The highest BCUT2D eigenvalue weighted by atomic mass is 16.5. The summed E-state index contributed by atoms with van der Waals surface area (Å²) in [6.07, 6.45) is 1.31. The third kappa shape index (κ3) is 1.50. The molecule has 2 heteroatoms. The number of benzene rings is 1. The van der Waals surface area contributed by atoms with E-state index in [0.717, 1.165) is 12.2 Å². The van der Waals surface area contributed by atoms with E-state index in [1.165, 1.54) is 11.1 Å². The van der Waals surface area contributed by atoms with Crippen LogP contribution in [-0.2, 0) is 6.42 Å². The second kappa shape index (κ2) is 3.62. The van der Waals surface area contributed by atoms with E-state index in [9.17, 15) is 0 Å². The summed E-state index contributed by atoms with van der Waals surface area (Å²) >= 11 is 0. The van der Waals surface area contributed by atoms with Crippen molar-refractivity contribution in [3.63, 3.8) is 0 Å². The van der Waals surface area contributed by atoms with Crippen LogP contribution in [0, 0.1) is 6.92 Å². The van der Waals surface area contributed by atoms with E-state index in [0.29, 0.717) is 6.04 Å². The van der Waals surface area contributed by atoms with Gasteiger partial charge in [-0.1, -0.05) is 18.2 Å². The van der Waals surface area contributed by atoms with Gasteiger partial charge in [0.25, 0.3) is 0 Å². The largest absolute Gasteiger partial charge is 0.488 e. The predicted molar refractivity (Wildman–Crippen MR) is 57.8 cm³/mol. The fourth-order valence-corrected chi connectivity index (χ4v) is 1.92. The van der Waals surface area contributed by atoms with Gasteiger partial charge in [0.1, 0.15) is 11.9 Å². The van der Waals surface area contributed by atoms with E-state index in [-0.39, 0.29) is 6.10 Å². The minimum absolute atomic E-state index is 0.288. The molecular weight excluding hydrogens is 174 g/mol. The van der Waals surface area contributed by atoms with Crippen molar-refractivity contribution in [1.29, 1.82) is 0 Å². The lowest BCUT2D eigenvalue weighted by Crippen LogP contribution is -2.37. The molecular formula is C12H17NO. The van der Waals surface area contributed by atoms with E-state index in [2.05, 4.69) is 37.4 Å². The Labute approximate surface area is 85.3 Å². The smallest absolute Gasteiger partial charge is 0.126 e. The van der Waals surface area contributed by atoms with Crippen molar-refractivity contribution in [3.8, 4) is 5.75 Å². The Bertz CT molecular complexity index is 335. The monoisotopic (exact) mass is 191 g/mol. The van der Waals surface area contributed by atoms with E-state index >= 15 is 0 Å². The number of likely N-dealkylation sites (N-methyl/N-ethyl adjacent to an activating group) is 1. The van der Waals surface area contributed by atoms with Crippen molar-refractivity contribution >= 4 is 0 Å². The quantitative estimate of drug-likeness (QED) is 0.771. The summed E-state index contributed by atoms with van der Waals surface area (Å²) in [6, 6.07) is 6.77. The Hall–Kier alpha value is -1.02. The molecule has 2 unspecified atom stereocenters. The molecule has 14 heavy (non-hydrogen) atoms. The van der Waals surface area contributed by atoms with Crippen LogP contribution in [0.1, 0.15) is 18.1 Å².